The van der Waals surface area contributed by atoms with Crippen LogP contribution in [-0.2, 0) is 13.5 Å². The SMILES string of the molecule is CCC1Cc2c(nn(C)c2-c2cc(F)c(F)c(F)c2)C(CC)N1C(=O)c1cnn2cc(C)ccc12. The van der Waals surface area contributed by atoms with E-state index < -0.39 is 17.5 Å². The number of pyridine rings is 1. The molecule has 0 aliphatic carbocycles. The molecule has 4 aromatic rings. The third-order valence-electron chi connectivity index (χ3n) is 6.91. The summed E-state index contributed by atoms with van der Waals surface area (Å²) < 4.78 is 45.0. The van der Waals surface area contributed by atoms with Crippen molar-refractivity contribution in [3.05, 3.63) is 76.5 Å². The molecule has 1 aromatic carbocycles. The number of carbonyl (C=O) groups excluding carboxylic acids is 1. The maximum atomic E-state index is 14.1. The number of nitrogens with zero attached hydrogens (tertiary/aromatic N) is 5. The molecule has 0 radical (unpaired) electrons. The first kappa shape index (κ1) is 23.1. The van der Waals surface area contributed by atoms with Crippen LogP contribution in [0.3, 0.4) is 0 Å². The molecule has 2 unspecified atom stereocenters. The molecule has 1 amide bonds. The Hall–Kier alpha value is -3.62. The Labute approximate surface area is 201 Å². The Morgan fingerprint density at radius 3 is 2.49 bits per heavy atom. The Morgan fingerprint density at radius 2 is 1.83 bits per heavy atom. The molecule has 3 aromatic heterocycles. The van der Waals surface area contributed by atoms with Crippen molar-refractivity contribution in [3.63, 3.8) is 0 Å². The summed E-state index contributed by atoms with van der Waals surface area (Å²) in [6, 6.07) is 5.35. The van der Waals surface area contributed by atoms with Gasteiger partial charge in [0.1, 0.15) is 0 Å². The fraction of sp³-hybridized carbons (Fsp3) is 0.346. The van der Waals surface area contributed by atoms with E-state index in [1.165, 1.54) is 0 Å². The topological polar surface area (TPSA) is 55.4 Å². The zero-order valence-electron chi connectivity index (χ0n) is 20.0. The fourth-order valence-corrected chi connectivity index (χ4v) is 5.26. The van der Waals surface area contributed by atoms with Gasteiger partial charge < -0.3 is 4.90 Å². The minimum atomic E-state index is -1.50. The zero-order valence-corrected chi connectivity index (χ0v) is 20.0. The van der Waals surface area contributed by atoms with E-state index in [0.29, 0.717) is 36.2 Å². The number of hydrogen-bond donors (Lipinski definition) is 0. The summed E-state index contributed by atoms with van der Waals surface area (Å²) in [7, 11) is 1.69. The molecule has 35 heavy (non-hydrogen) atoms. The van der Waals surface area contributed by atoms with Crippen molar-refractivity contribution in [1.82, 2.24) is 24.3 Å². The third-order valence-corrected chi connectivity index (χ3v) is 6.91. The number of carbonyl (C=O) groups is 1. The van der Waals surface area contributed by atoms with Crippen molar-refractivity contribution in [2.24, 2.45) is 7.05 Å². The van der Waals surface area contributed by atoms with Gasteiger partial charge in [0.05, 0.1) is 34.7 Å². The van der Waals surface area contributed by atoms with Crippen LogP contribution in [-0.4, -0.2) is 36.2 Å². The molecule has 0 saturated heterocycles. The van der Waals surface area contributed by atoms with Gasteiger partial charge in [-0.15, -0.1) is 0 Å². The van der Waals surface area contributed by atoms with Crippen LogP contribution in [0.4, 0.5) is 13.2 Å². The summed E-state index contributed by atoms with van der Waals surface area (Å²) in [5.41, 5.74) is 4.57. The Bertz CT molecular complexity index is 1430. The van der Waals surface area contributed by atoms with Gasteiger partial charge in [0, 0.05) is 30.4 Å². The van der Waals surface area contributed by atoms with Crippen molar-refractivity contribution in [2.45, 2.75) is 52.1 Å². The minimum Gasteiger partial charge on any atom is -0.327 e. The van der Waals surface area contributed by atoms with Gasteiger partial charge in [-0.3, -0.25) is 9.48 Å². The van der Waals surface area contributed by atoms with Gasteiger partial charge in [-0.2, -0.15) is 10.2 Å². The van der Waals surface area contributed by atoms with E-state index in [9.17, 15) is 18.0 Å². The number of fused-ring (bicyclic) bond motifs is 2. The van der Waals surface area contributed by atoms with E-state index >= 15 is 0 Å². The summed E-state index contributed by atoms with van der Waals surface area (Å²) >= 11 is 0. The van der Waals surface area contributed by atoms with E-state index in [1.54, 1.807) is 22.4 Å². The van der Waals surface area contributed by atoms with E-state index in [-0.39, 0.29) is 23.6 Å². The summed E-state index contributed by atoms with van der Waals surface area (Å²) in [6.45, 7) is 5.96. The summed E-state index contributed by atoms with van der Waals surface area (Å²) in [6.07, 6.45) is 5.23. The average Bonchev–Trinajstić information content (AvgIpc) is 3.40. The maximum Gasteiger partial charge on any atom is 0.258 e. The molecule has 2 atom stereocenters. The molecule has 6 nitrogen and oxygen atoms in total. The van der Waals surface area contributed by atoms with Gasteiger partial charge >= 0.3 is 0 Å². The highest BCUT2D eigenvalue weighted by molar-refractivity contribution is 6.01. The van der Waals surface area contributed by atoms with Crippen LogP contribution in [0.1, 0.15) is 59.9 Å². The number of amides is 1. The highest BCUT2D eigenvalue weighted by Gasteiger charge is 2.40. The van der Waals surface area contributed by atoms with Gasteiger partial charge in [-0.1, -0.05) is 19.9 Å². The first-order chi connectivity index (χ1) is 16.7. The lowest BCUT2D eigenvalue weighted by atomic mass is 9.87. The second-order valence-corrected chi connectivity index (χ2v) is 9.09. The third kappa shape index (κ3) is 3.61. The largest absolute Gasteiger partial charge is 0.327 e. The summed E-state index contributed by atoms with van der Waals surface area (Å²) in [5, 5.41) is 9.05. The molecular weight excluding hydrogens is 455 g/mol. The van der Waals surface area contributed by atoms with Crippen LogP contribution < -0.4 is 0 Å². The maximum absolute atomic E-state index is 14.1. The van der Waals surface area contributed by atoms with Crippen LogP contribution in [0.25, 0.3) is 16.8 Å². The molecule has 0 fully saturated rings. The molecule has 1 aliphatic rings. The summed E-state index contributed by atoms with van der Waals surface area (Å²) in [4.78, 5) is 15.8. The normalized spacial score (nSPS) is 17.7. The lowest BCUT2D eigenvalue weighted by molar-refractivity contribution is 0.0515. The van der Waals surface area contributed by atoms with Crippen LogP contribution in [0, 0.1) is 24.4 Å². The average molecular weight is 482 g/mol. The van der Waals surface area contributed by atoms with Gasteiger partial charge in [0.25, 0.3) is 5.91 Å². The fourth-order valence-electron chi connectivity index (χ4n) is 5.26. The van der Waals surface area contributed by atoms with E-state index in [0.717, 1.165) is 28.8 Å². The molecule has 182 valence electrons. The van der Waals surface area contributed by atoms with Gasteiger partial charge in [0.2, 0.25) is 0 Å². The first-order valence-electron chi connectivity index (χ1n) is 11.7. The molecular formula is C26H26F3N5O. The van der Waals surface area contributed by atoms with Crippen molar-refractivity contribution in [3.8, 4) is 11.3 Å². The lowest BCUT2D eigenvalue weighted by Gasteiger charge is -2.41. The molecule has 1 aliphatic heterocycles. The second kappa shape index (κ2) is 8.55. The van der Waals surface area contributed by atoms with Crippen LogP contribution >= 0.6 is 0 Å². The predicted octanol–water partition coefficient (Wildman–Crippen LogP) is 5.39. The number of aryl methyl sites for hydroxylation is 2. The number of benzene rings is 1. The van der Waals surface area contributed by atoms with E-state index in [4.69, 9.17) is 0 Å². The monoisotopic (exact) mass is 481 g/mol. The van der Waals surface area contributed by atoms with Crippen LogP contribution in [0.15, 0.2) is 36.7 Å². The highest BCUT2D eigenvalue weighted by atomic mass is 19.2. The molecule has 4 heterocycles. The quantitative estimate of drug-likeness (QED) is 0.368. The molecule has 0 saturated carbocycles. The Balaban J connectivity index is 1.62. The number of rotatable bonds is 4. The van der Waals surface area contributed by atoms with Gasteiger partial charge in [-0.05, 0) is 49.9 Å². The first-order valence-corrected chi connectivity index (χ1v) is 11.7. The van der Waals surface area contributed by atoms with E-state index in [2.05, 4.69) is 10.2 Å². The smallest absolute Gasteiger partial charge is 0.258 e. The van der Waals surface area contributed by atoms with Gasteiger partial charge in [0.15, 0.2) is 17.5 Å². The molecule has 5 rings (SSSR count). The number of halogens is 3. The molecule has 0 N–H and O–H groups in total. The predicted molar refractivity (Wildman–Crippen MR) is 125 cm³/mol. The van der Waals surface area contributed by atoms with Crippen molar-refractivity contribution < 1.29 is 18.0 Å². The number of aromatic nitrogens is 4. The second-order valence-electron chi connectivity index (χ2n) is 9.09. The van der Waals surface area contributed by atoms with Crippen molar-refractivity contribution >= 4 is 11.4 Å². The Kier molecular flexibility index (Phi) is 5.65. The van der Waals surface area contributed by atoms with Gasteiger partial charge in [-0.25, -0.2) is 17.7 Å². The van der Waals surface area contributed by atoms with Crippen molar-refractivity contribution in [2.75, 3.05) is 0 Å². The van der Waals surface area contributed by atoms with Crippen LogP contribution in [0.5, 0.6) is 0 Å². The highest BCUT2D eigenvalue weighted by Crippen LogP contribution is 2.41. The van der Waals surface area contributed by atoms with Crippen LogP contribution in [0.2, 0.25) is 0 Å². The Morgan fingerprint density at radius 1 is 1.11 bits per heavy atom. The lowest BCUT2D eigenvalue weighted by Crippen LogP contribution is -2.47. The molecule has 0 bridgehead atoms. The molecule has 0 spiro atoms. The zero-order chi connectivity index (χ0) is 25.0. The van der Waals surface area contributed by atoms with Crippen molar-refractivity contribution in [1.29, 1.82) is 0 Å². The molecule has 9 heteroatoms. The summed E-state index contributed by atoms with van der Waals surface area (Å²) in [5.74, 6) is -4.11. The standard InChI is InChI=1S/C26H26F3N5O/c1-5-16-11-17-24(31-32(4)25(17)15-9-19(27)23(29)20(28)10-15)21(6-2)34(16)26(35)18-12-30-33-13-14(3)7-8-22(18)33/h7-10,12-13,16,21H,5-6,11H2,1-4H3. The van der Waals surface area contributed by atoms with E-state index in [1.807, 2.05) is 44.0 Å². The minimum absolute atomic E-state index is 0.126. The number of hydrogen-bond acceptors (Lipinski definition) is 3.